The number of likely N-dealkylation sites (N-methyl/N-ethyl adjacent to an activating group) is 1. The number of hydrogen-bond acceptors (Lipinski definition) is 3. The van der Waals surface area contributed by atoms with Crippen LogP contribution in [0.3, 0.4) is 0 Å². The van der Waals surface area contributed by atoms with Gasteiger partial charge in [-0.1, -0.05) is 18.2 Å². The van der Waals surface area contributed by atoms with Crippen molar-refractivity contribution in [2.45, 2.75) is 18.9 Å². The molecule has 1 fully saturated rings. The Bertz CT molecular complexity index is 460. The average molecular weight is 250 g/mol. The maximum absolute atomic E-state index is 13.7. The van der Waals surface area contributed by atoms with Gasteiger partial charge in [0.05, 0.1) is 6.04 Å². The molecule has 0 bridgehead atoms. The molecule has 1 aromatic rings. The minimum atomic E-state index is -0.378. The summed E-state index contributed by atoms with van der Waals surface area (Å²) >= 11 is 0. The third-order valence-electron chi connectivity index (χ3n) is 3.15. The minimum absolute atomic E-state index is 0.176. The van der Waals surface area contributed by atoms with Crippen molar-refractivity contribution < 1.29 is 14.0 Å². The summed E-state index contributed by atoms with van der Waals surface area (Å²) in [6.07, 6.45) is 0.513. The van der Waals surface area contributed by atoms with Crippen LogP contribution in [0.4, 0.5) is 4.39 Å². The molecule has 2 rings (SSSR count). The van der Waals surface area contributed by atoms with Crippen LogP contribution < -0.4 is 5.32 Å². The first-order valence-corrected chi connectivity index (χ1v) is 5.88. The Morgan fingerprint density at radius 3 is 2.44 bits per heavy atom. The standard InChI is InChI=1S/C13H15FN2O2/c1-15-11(9-4-2-3-5-10(9)14)8-16-12(17)6-7-13(16)18/h2-5,11,15H,6-8H2,1H3. The lowest BCUT2D eigenvalue weighted by atomic mass is 10.1. The third-order valence-corrected chi connectivity index (χ3v) is 3.15. The van der Waals surface area contributed by atoms with E-state index < -0.39 is 0 Å². The highest BCUT2D eigenvalue weighted by Gasteiger charge is 2.31. The Morgan fingerprint density at radius 2 is 1.89 bits per heavy atom. The summed E-state index contributed by atoms with van der Waals surface area (Å²) in [7, 11) is 1.68. The maximum atomic E-state index is 13.7. The molecule has 1 unspecified atom stereocenters. The molecule has 1 saturated heterocycles. The van der Waals surface area contributed by atoms with Crippen molar-refractivity contribution in [3.8, 4) is 0 Å². The molecule has 1 N–H and O–H groups in total. The summed E-state index contributed by atoms with van der Waals surface area (Å²) in [5.74, 6) is -0.705. The van der Waals surface area contributed by atoms with Crippen LogP contribution in [0, 0.1) is 5.82 Å². The van der Waals surface area contributed by atoms with Gasteiger partial charge in [0.2, 0.25) is 11.8 Å². The number of rotatable bonds is 4. The monoisotopic (exact) mass is 250 g/mol. The SMILES string of the molecule is CNC(CN1C(=O)CCC1=O)c1ccccc1F. The molecule has 0 saturated carbocycles. The van der Waals surface area contributed by atoms with Crippen LogP contribution in [0.25, 0.3) is 0 Å². The Kier molecular flexibility index (Phi) is 3.72. The smallest absolute Gasteiger partial charge is 0.229 e. The molecule has 1 aromatic carbocycles. The van der Waals surface area contributed by atoms with Crippen molar-refractivity contribution >= 4 is 11.8 Å². The van der Waals surface area contributed by atoms with Gasteiger partial charge >= 0.3 is 0 Å². The average Bonchev–Trinajstić information content (AvgIpc) is 2.68. The minimum Gasteiger partial charge on any atom is -0.311 e. The van der Waals surface area contributed by atoms with Crippen molar-refractivity contribution in [3.63, 3.8) is 0 Å². The van der Waals surface area contributed by atoms with Crippen molar-refractivity contribution in [2.24, 2.45) is 0 Å². The summed E-state index contributed by atoms with van der Waals surface area (Å²) in [6.45, 7) is 0.176. The highest BCUT2D eigenvalue weighted by atomic mass is 19.1. The molecule has 2 amide bonds. The van der Waals surface area contributed by atoms with E-state index in [-0.39, 0.29) is 43.1 Å². The van der Waals surface area contributed by atoms with Crippen molar-refractivity contribution in [3.05, 3.63) is 35.6 Å². The van der Waals surface area contributed by atoms with Gasteiger partial charge in [-0.15, -0.1) is 0 Å². The molecule has 18 heavy (non-hydrogen) atoms. The molecule has 0 aromatic heterocycles. The van der Waals surface area contributed by atoms with Gasteiger partial charge in [0.25, 0.3) is 0 Å². The van der Waals surface area contributed by atoms with Crippen LogP contribution in [-0.2, 0) is 9.59 Å². The Morgan fingerprint density at radius 1 is 1.28 bits per heavy atom. The topological polar surface area (TPSA) is 49.4 Å². The summed E-state index contributed by atoms with van der Waals surface area (Å²) in [6, 6.07) is 5.99. The first-order chi connectivity index (χ1) is 8.63. The van der Waals surface area contributed by atoms with Crippen molar-refractivity contribution in [2.75, 3.05) is 13.6 Å². The number of amides is 2. The predicted octanol–water partition coefficient (Wildman–Crippen LogP) is 1.24. The molecule has 1 heterocycles. The lowest BCUT2D eigenvalue weighted by Gasteiger charge is -2.22. The van der Waals surface area contributed by atoms with Gasteiger partial charge in [0, 0.05) is 24.9 Å². The number of likely N-dealkylation sites (tertiary alicyclic amines) is 1. The maximum Gasteiger partial charge on any atom is 0.229 e. The van der Waals surface area contributed by atoms with E-state index in [9.17, 15) is 14.0 Å². The Hall–Kier alpha value is -1.75. The zero-order valence-corrected chi connectivity index (χ0v) is 10.1. The molecular weight excluding hydrogens is 235 g/mol. The Balaban J connectivity index is 2.18. The zero-order chi connectivity index (χ0) is 13.1. The summed E-state index contributed by atoms with van der Waals surface area (Å²) < 4.78 is 13.7. The number of nitrogens with one attached hydrogen (secondary N) is 1. The van der Waals surface area contributed by atoms with Gasteiger partial charge in [0.15, 0.2) is 0 Å². The van der Waals surface area contributed by atoms with E-state index in [1.807, 2.05) is 0 Å². The molecule has 0 radical (unpaired) electrons. The third kappa shape index (κ3) is 2.41. The number of halogens is 1. The van der Waals surface area contributed by atoms with Crippen LogP contribution >= 0.6 is 0 Å². The number of benzene rings is 1. The van der Waals surface area contributed by atoms with Gasteiger partial charge in [0.1, 0.15) is 5.82 Å². The molecule has 1 atom stereocenters. The second kappa shape index (κ2) is 5.27. The highest BCUT2D eigenvalue weighted by molar-refractivity contribution is 6.01. The van der Waals surface area contributed by atoms with E-state index in [0.717, 1.165) is 0 Å². The molecule has 1 aliphatic heterocycles. The van der Waals surface area contributed by atoms with Crippen LogP contribution in [0.2, 0.25) is 0 Å². The van der Waals surface area contributed by atoms with Crippen LogP contribution in [0.5, 0.6) is 0 Å². The van der Waals surface area contributed by atoms with E-state index in [1.165, 1.54) is 11.0 Å². The molecule has 1 aliphatic rings. The predicted molar refractivity (Wildman–Crippen MR) is 64.2 cm³/mol. The van der Waals surface area contributed by atoms with E-state index in [0.29, 0.717) is 5.56 Å². The molecule has 0 aliphatic carbocycles. The normalized spacial score (nSPS) is 17.3. The fraction of sp³-hybridized carbons (Fsp3) is 0.385. The van der Waals surface area contributed by atoms with Gasteiger partial charge in [-0.05, 0) is 13.1 Å². The summed E-state index contributed by atoms with van der Waals surface area (Å²) in [5, 5.41) is 2.94. The molecule has 0 spiro atoms. The van der Waals surface area contributed by atoms with E-state index in [2.05, 4.69) is 5.32 Å². The van der Waals surface area contributed by atoms with E-state index in [1.54, 1.807) is 25.2 Å². The molecule has 4 nitrogen and oxygen atoms in total. The summed E-state index contributed by atoms with van der Waals surface area (Å²) in [4.78, 5) is 24.3. The number of imide groups is 1. The number of hydrogen-bond donors (Lipinski definition) is 1. The molecular formula is C13H15FN2O2. The van der Waals surface area contributed by atoms with Crippen LogP contribution in [0.15, 0.2) is 24.3 Å². The van der Waals surface area contributed by atoms with Gasteiger partial charge in [-0.25, -0.2) is 4.39 Å². The highest BCUT2D eigenvalue weighted by Crippen LogP contribution is 2.21. The number of carbonyl (C=O) groups excluding carboxylic acids is 2. The quantitative estimate of drug-likeness (QED) is 0.818. The van der Waals surface area contributed by atoms with Gasteiger partial charge in [-0.3, -0.25) is 14.5 Å². The second-order valence-corrected chi connectivity index (χ2v) is 4.26. The first kappa shape index (κ1) is 12.7. The lowest BCUT2D eigenvalue weighted by molar-refractivity contribution is -0.138. The largest absolute Gasteiger partial charge is 0.311 e. The van der Waals surface area contributed by atoms with Crippen molar-refractivity contribution in [1.82, 2.24) is 10.2 Å². The fourth-order valence-electron chi connectivity index (χ4n) is 2.11. The van der Waals surface area contributed by atoms with Crippen LogP contribution in [-0.4, -0.2) is 30.3 Å². The van der Waals surface area contributed by atoms with Crippen molar-refractivity contribution in [1.29, 1.82) is 0 Å². The Labute approximate surface area is 105 Å². The van der Waals surface area contributed by atoms with Gasteiger partial charge in [-0.2, -0.15) is 0 Å². The zero-order valence-electron chi connectivity index (χ0n) is 10.1. The molecule has 5 heteroatoms. The first-order valence-electron chi connectivity index (χ1n) is 5.88. The number of carbonyl (C=O) groups is 2. The number of nitrogens with zero attached hydrogens (tertiary/aromatic N) is 1. The lowest BCUT2D eigenvalue weighted by Crippen LogP contribution is -2.37. The van der Waals surface area contributed by atoms with E-state index in [4.69, 9.17) is 0 Å². The van der Waals surface area contributed by atoms with E-state index >= 15 is 0 Å². The van der Waals surface area contributed by atoms with Crippen LogP contribution in [0.1, 0.15) is 24.4 Å². The van der Waals surface area contributed by atoms with Gasteiger partial charge < -0.3 is 5.32 Å². The fourth-order valence-corrected chi connectivity index (χ4v) is 2.11. The molecule has 96 valence electrons. The second-order valence-electron chi connectivity index (χ2n) is 4.26. The summed E-state index contributed by atoms with van der Waals surface area (Å²) in [5.41, 5.74) is 0.465.